The zero-order valence-electron chi connectivity index (χ0n) is 15.0. The molecule has 1 aromatic heterocycles. The van der Waals surface area contributed by atoms with Crippen molar-refractivity contribution in [3.05, 3.63) is 23.5 Å². The standard InChI is InChI=1S/C18H23N5O3/c1-11(12-3-4-12)22-16(24)14-9-21-13(8-19)7-15(14)23-6-5-18(2,10-23)26-17(20)25/h7,9,11-12H,3-6,10H2,1-2H3,(H2,20,25)(H,22,24)/t11-,18-/m0/s1. The Kier molecular flexibility index (Phi) is 4.72. The van der Waals surface area contributed by atoms with Gasteiger partial charge in [-0.2, -0.15) is 5.26 Å². The SMILES string of the molecule is C[C@H](NC(=O)c1cnc(C#N)cc1N1CC[C@](C)(OC(N)=O)C1)C1CC1. The number of rotatable bonds is 5. The molecular formula is C18H23N5O3. The number of nitrogens with two attached hydrogens (primary N) is 1. The van der Waals surface area contributed by atoms with E-state index in [1.165, 1.54) is 6.20 Å². The largest absolute Gasteiger partial charge is 0.441 e. The van der Waals surface area contributed by atoms with Gasteiger partial charge in [0.2, 0.25) is 0 Å². The van der Waals surface area contributed by atoms with Crippen molar-refractivity contribution in [3.8, 4) is 6.07 Å². The normalized spacial score (nSPS) is 23.2. The van der Waals surface area contributed by atoms with Crippen LogP contribution in [0.1, 0.15) is 49.2 Å². The van der Waals surface area contributed by atoms with Crippen molar-refractivity contribution < 1.29 is 14.3 Å². The lowest BCUT2D eigenvalue weighted by Crippen LogP contribution is -2.38. The van der Waals surface area contributed by atoms with E-state index >= 15 is 0 Å². The number of hydrogen-bond acceptors (Lipinski definition) is 6. The molecule has 138 valence electrons. The van der Waals surface area contributed by atoms with Crippen LogP contribution >= 0.6 is 0 Å². The number of ether oxygens (including phenoxy) is 1. The number of amides is 2. The lowest BCUT2D eigenvalue weighted by molar-refractivity contribution is 0.0480. The minimum absolute atomic E-state index is 0.105. The third-order valence-electron chi connectivity index (χ3n) is 5.05. The van der Waals surface area contributed by atoms with E-state index in [-0.39, 0.29) is 17.6 Å². The van der Waals surface area contributed by atoms with Crippen molar-refractivity contribution in [2.24, 2.45) is 11.7 Å². The predicted octanol–water partition coefficient (Wildman–Crippen LogP) is 1.55. The molecule has 0 bridgehead atoms. The number of nitriles is 1. The highest BCUT2D eigenvalue weighted by Crippen LogP contribution is 2.34. The fraction of sp³-hybridized carbons (Fsp3) is 0.556. The summed E-state index contributed by atoms with van der Waals surface area (Å²) >= 11 is 0. The number of carbonyl (C=O) groups excluding carboxylic acids is 2. The van der Waals surface area contributed by atoms with Crippen molar-refractivity contribution in [2.75, 3.05) is 18.0 Å². The van der Waals surface area contributed by atoms with E-state index in [4.69, 9.17) is 15.7 Å². The predicted molar refractivity (Wildman–Crippen MR) is 94.5 cm³/mol. The summed E-state index contributed by atoms with van der Waals surface area (Å²) in [7, 11) is 0. The lowest BCUT2D eigenvalue weighted by Gasteiger charge is -2.26. The molecule has 0 aromatic carbocycles. The molecule has 2 aliphatic rings. The highest BCUT2D eigenvalue weighted by atomic mass is 16.6. The molecule has 0 unspecified atom stereocenters. The molecule has 2 amide bonds. The maximum atomic E-state index is 12.7. The number of anilines is 1. The molecule has 1 aromatic rings. The number of pyridine rings is 1. The highest BCUT2D eigenvalue weighted by molar-refractivity contribution is 6.00. The van der Waals surface area contributed by atoms with Gasteiger partial charge in [0, 0.05) is 25.2 Å². The molecule has 2 fully saturated rings. The summed E-state index contributed by atoms with van der Waals surface area (Å²) in [6.07, 6.45) is 3.47. The molecule has 3 rings (SSSR count). The maximum absolute atomic E-state index is 12.7. The number of nitrogens with one attached hydrogen (secondary N) is 1. The van der Waals surface area contributed by atoms with E-state index in [2.05, 4.69) is 10.3 Å². The maximum Gasteiger partial charge on any atom is 0.405 e. The number of aromatic nitrogens is 1. The van der Waals surface area contributed by atoms with Gasteiger partial charge >= 0.3 is 6.09 Å². The molecular weight excluding hydrogens is 334 g/mol. The van der Waals surface area contributed by atoms with Gasteiger partial charge in [-0.1, -0.05) is 0 Å². The average Bonchev–Trinajstić information content (AvgIpc) is 3.37. The number of carbonyl (C=O) groups is 2. The van der Waals surface area contributed by atoms with Crippen LogP contribution in [-0.4, -0.2) is 41.7 Å². The first-order valence-corrected chi connectivity index (χ1v) is 8.76. The third-order valence-corrected chi connectivity index (χ3v) is 5.05. The molecule has 1 aliphatic heterocycles. The van der Waals surface area contributed by atoms with Crippen molar-refractivity contribution in [3.63, 3.8) is 0 Å². The topological polar surface area (TPSA) is 121 Å². The molecule has 2 atom stereocenters. The van der Waals surface area contributed by atoms with Crippen LogP contribution in [0, 0.1) is 17.2 Å². The zero-order valence-corrected chi connectivity index (χ0v) is 15.0. The minimum Gasteiger partial charge on any atom is -0.441 e. The second-order valence-corrected chi connectivity index (χ2v) is 7.34. The Hall–Kier alpha value is -2.82. The third kappa shape index (κ3) is 3.87. The van der Waals surface area contributed by atoms with E-state index in [9.17, 15) is 9.59 Å². The Labute approximate surface area is 152 Å². The smallest absolute Gasteiger partial charge is 0.405 e. The van der Waals surface area contributed by atoms with Gasteiger partial charge in [-0.05, 0) is 38.7 Å². The Balaban J connectivity index is 1.84. The monoisotopic (exact) mass is 357 g/mol. The van der Waals surface area contributed by atoms with Gasteiger partial charge in [0.15, 0.2) is 0 Å². The summed E-state index contributed by atoms with van der Waals surface area (Å²) in [5, 5.41) is 12.2. The first kappa shape index (κ1) is 18.0. The summed E-state index contributed by atoms with van der Waals surface area (Å²) in [5.41, 5.74) is 5.70. The van der Waals surface area contributed by atoms with Crippen LogP contribution in [0.25, 0.3) is 0 Å². The van der Waals surface area contributed by atoms with Crippen molar-refractivity contribution >= 4 is 17.7 Å². The van der Waals surface area contributed by atoms with Gasteiger partial charge in [0.05, 0.1) is 17.8 Å². The van der Waals surface area contributed by atoms with Crippen LogP contribution < -0.4 is 16.0 Å². The van der Waals surface area contributed by atoms with Crippen LogP contribution in [0.5, 0.6) is 0 Å². The average molecular weight is 357 g/mol. The van der Waals surface area contributed by atoms with Crippen molar-refractivity contribution in [2.45, 2.75) is 44.8 Å². The Morgan fingerprint density at radius 2 is 2.27 bits per heavy atom. The van der Waals surface area contributed by atoms with Crippen LogP contribution in [0.2, 0.25) is 0 Å². The Morgan fingerprint density at radius 1 is 1.54 bits per heavy atom. The van der Waals surface area contributed by atoms with E-state index < -0.39 is 11.7 Å². The van der Waals surface area contributed by atoms with Gasteiger partial charge in [0.25, 0.3) is 5.91 Å². The van der Waals surface area contributed by atoms with Crippen LogP contribution in [0.15, 0.2) is 12.3 Å². The molecule has 1 aliphatic carbocycles. The Bertz CT molecular complexity index is 771. The summed E-state index contributed by atoms with van der Waals surface area (Å²) < 4.78 is 5.23. The molecule has 3 N–H and O–H groups in total. The van der Waals surface area contributed by atoms with E-state index in [1.807, 2.05) is 17.9 Å². The molecule has 8 heteroatoms. The molecule has 8 nitrogen and oxygen atoms in total. The van der Waals surface area contributed by atoms with Crippen LogP contribution in [0.4, 0.5) is 10.5 Å². The Morgan fingerprint density at radius 3 is 2.88 bits per heavy atom. The molecule has 0 spiro atoms. The fourth-order valence-electron chi connectivity index (χ4n) is 3.41. The second-order valence-electron chi connectivity index (χ2n) is 7.34. The zero-order chi connectivity index (χ0) is 18.9. The summed E-state index contributed by atoms with van der Waals surface area (Å²) in [6, 6.07) is 3.71. The molecule has 1 saturated heterocycles. The number of primary amides is 1. The number of hydrogen-bond donors (Lipinski definition) is 2. The molecule has 1 saturated carbocycles. The van der Waals surface area contributed by atoms with Gasteiger partial charge < -0.3 is 20.7 Å². The molecule has 0 radical (unpaired) electrons. The fourth-order valence-corrected chi connectivity index (χ4v) is 3.41. The first-order valence-electron chi connectivity index (χ1n) is 8.76. The van der Waals surface area contributed by atoms with Gasteiger partial charge in [0.1, 0.15) is 17.4 Å². The molecule has 2 heterocycles. The summed E-state index contributed by atoms with van der Waals surface area (Å²) in [4.78, 5) is 29.9. The van der Waals surface area contributed by atoms with E-state index in [0.717, 1.165) is 12.8 Å². The van der Waals surface area contributed by atoms with Crippen LogP contribution in [0.3, 0.4) is 0 Å². The number of nitrogens with zero attached hydrogens (tertiary/aromatic N) is 3. The second kappa shape index (κ2) is 6.83. The highest BCUT2D eigenvalue weighted by Gasteiger charge is 2.38. The van der Waals surface area contributed by atoms with E-state index in [1.54, 1.807) is 13.0 Å². The van der Waals surface area contributed by atoms with Crippen molar-refractivity contribution in [1.82, 2.24) is 10.3 Å². The quantitative estimate of drug-likeness (QED) is 0.824. The van der Waals surface area contributed by atoms with Gasteiger partial charge in [-0.3, -0.25) is 4.79 Å². The lowest BCUT2D eigenvalue weighted by atomic mass is 10.1. The first-order chi connectivity index (χ1) is 12.3. The molecule has 26 heavy (non-hydrogen) atoms. The summed E-state index contributed by atoms with van der Waals surface area (Å²) in [6.45, 7) is 4.78. The van der Waals surface area contributed by atoms with Gasteiger partial charge in [-0.25, -0.2) is 9.78 Å². The van der Waals surface area contributed by atoms with E-state index in [0.29, 0.717) is 36.7 Å². The van der Waals surface area contributed by atoms with Crippen molar-refractivity contribution in [1.29, 1.82) is 5.26 Å². The summed E-state index contributed by atoms with van der Waals surface area (Å²) in [5.74, 6) is 0.327. The van der Waals surface area contributed by atoms with Gasteiger partial charge in [-0.15, -0.1) is 0 Å². The minimum atomic E-state index is -0.821. The van der Waals surface area contributed by atoms with Crippen LogP contribution in [-0.2, 0) is 4.74 Å².